The lowest BCUT2D eigenvalue weighted by Crippen LogP contribution is -2.48. The average molecular weight is 414 g/mol. The maximum Gasteiger partial charge on any atom is 0.321 e. The van der Waals surface area contributed by atoms with Gasteiger partial charge in [-0.3, -0.25) is 4.90 Å². The zero-order valence-corrected chi connectivity index (χ0v) is 18.3. The molecule has 0 radical (unpaired) electrons. The summed E-state index contributed by atoms with van der Waals surface area (Å²) >= 11 is 0. The molecule has 0 bridgehead atoms. The summed E-state index contributed by atoms with van der Waals surface area (Å²) in [5, 5.41) is 5.69. The van der Waals surface area contributed by atoms with Gasteiger partial charge in [0.25, 0.3) is 0 Å². The fourth-order valence-electron chi connectivity index (χ4n) is 5.48. The van der Waals surface area contributed by atoms with E-state index in [0.29, 0.717) is 6.54 Å². The van der Waals surface area contributed by atoms with Gasteiger partial charge in [0.15, 0.2) is 0 Å². The van der Waals surface area contributed by atoms with E-state index in [1.165, 1.54) is 21.9 Å². The molecule has 5 rings (SSSR count). The molecule has 160 valence electrons. The second-order valence-electron chi connectivity index (χ2n) is 8.95. The third-order valence-corrected chi connectivity index (χ3v) is 7.19. The van der Waals surface area contributed by atoms with Crippen LogP contribution >= 0.6 is 0 Å². The van der Waals surface area contributed by atoms with Crippen LogP contribution in [0.15, 0.2) is 66.7 Å². The first kappa shape index (κ1) is 20.1. The summed E-state index contributed by atoms with van der Waals surface area (Å²) in [7, 11) is 0. The molecule has 0 aliphatic carbocycles. The maximum absolute atomic E-state index is 12.7. The Morgan fingerprint density at radius 1 is 0.968 bits per heavy atom. The molecule has 1 fully saturated rings. The van der Waals surface area contributed by atoms with E-state index in [0.717, 1.165) is 51.1 Å². The summed E-state index contributed by atoms with van der Waals surface area (Å²) in [6.45, 7) is 6.70. The van der Waals surface area contributed by atoms with E-state index in [4.69, 9.17) is 0 Å². The highest BCUT2D eigenvalue weighted by Gasteiger charge is 2.46. The van der Waals surface area contributed by atoms with E-state index in [9.17, 15) is 4.79 Å². The minimum Gasteiger partial charge on any atom is -0.338 e. The van der Waals surface area contributed by atoms with Gasteiger partial charge < -0.3 is 10.2 Å². The van der Waals surface area contributed by atoms with Crippen LogP contribution in [-0.2, 0) is 11.8 Å². The number of carbonyl (C=O) groups is 1. The smallest absolute Gasteiger partial charge is 0.321 e. The number of para-hydroxylation sites is 1. The number of fused-ring (bicyclic) bond motifs is 3. The Balaban J connectivity index is 1.27. The van der Waals surface area contributed by atoms with Gasteiger partial charge in [0.2, 0.25) is 0 Å². The van der Waals surface area contributed by atoms with E-state index < -0.39 is 0 Å². The average Bonchev–Trinajstić information content (AvgIpc) is 3.13. The number of carbonyl (C=O) groups excluding carboxylic acids is 1. The third kappa shape index (κ3) is 3.70. The van der Waals surface area contributed by atoms with E-state index in [1.807, 2.05) is 17.9 Å². The van der Waals surface area contributed by atoms with Crippen LogP contribution in [0.4, 0.5) is 10.5 Å². The highest BCUT2D eigenvalue weighted by atomic mass is 16.2. The van der Waals surface area contributed by atoms with Crippen molar-refractivity contribution in [3.05, 3.63) is 77.9 Å². The second kappa shape index (κ2) is 8.35. The van der Waals surface area contributed by atoms with Crippen molar-refractivity contribution in [1.82, 2.24) is 10.2 Å². The van der Waals surface area contributed by atoms with Crippen molar-refractivity contribution >= 4 is 22.5 Å². The Hall–Kier alpha value is -2.85. The first-order valence-electron chi connectivity index (χ1n) is 11.5. The summed E-state index contributed by atoms with van der Waals surface area (Å²) < 4.78 is 0. The molecule has 1 saturated heterocycles. The van der Waals surface area contributed by atoms with Gasteiger partial charge in [-0.2, -0.15) is 0 Å². The highest BCUT2D eigenvalue weighted by molar-refractivity contribution is 5.95. The number of urea groups is 1. The molecule has 2 aliphatic heterocycles. The highest BCUT2D eigenvalue weighted by Crippen LogP contribution is 2.46. The Kier molecular flexibility index (Phi) is 5.41. The molecule has 1 spiro atoms. The molecule has 2 amide bonds. The number of likely N-dealkylation sites (tertiary alicyclic amines) is 1. The van der Waals surface area contributed by atoms with Crippen molar-refractivity contribution in [2.24, 2.45) is 0 Å². The van der Waals surface area contributed by atoms with Gasteiger partial charge in [0.05, 0.1) is 0 Å². The molecule has 0 atom stereocenters. The van der Waals surface area contributed by atoms with Gasteiger partial charge in [0.1, 0.15) is 0 Å². The number of benzene rings is 3. The molecule has 2 heterocycles. The van der Waals surface area contributed by atoms with Crippen LogP contribution in [0.1, 0.15) is 30.9 Å². The first-order valence-corrected chi connectivity index (χ1v) is 11.5. The second-order valence-corrected chi connectivity index (χ2v) is 8.95. The molecule has 2 aliphatic rings. The number of hydrogen-bond donors (Lipinski definition) is 1. The van der Waals surface area contributed by atoms with Crippen molar-refractivity contribution in [3.63, 3.8) is 0 Å². The lowest BCUT2D eigenvalue weighted by atomic mass is 9.74. The molecule has 4 heteroatoms. The van der Waals surface area contributed by atoms with Crippen LogP contribution in [0.3, 0.4) is 0 Å². The number of nitrogens with one attached hydrogen (secondary N) is 1. The molecule has 0 saturated carbocycles. The first-order chi connectivity index (χ1) is 15.2. The molecule has 0 aromatic heterocycles. The van der Waals surface area contributed by atoms with Crippen LogP contribution in [-0.4, -0.2) is 43.7 Å². The largest absolute Gasteiger partial charge is 0.338 e. The summed E-state index contributed by atoms with van der Waals surface area (Å²) in [4.78, 5) is 17.2. The quantitative estimate of drug-likeness (QED) is 0.656. The fraction of sp³-hybridized carbons (Fsp3) is 0.370. The van der Waals surface area contributed by atoms with Crippen molar-refractivity contribution in [3.8, 4) is 0 Å². The van der Waals surface area contributed by atoms with Crippen molar-refractivity contribution < 1.29 is 4.79 Å². The third-order valence-electron chi connectivity index (χ3n) is 7.19. The monoisotopic (exact) mass is 413 g/mol. The molecular formula is C27H31N3O. The van der Waals surface area contributed by atoms with Crippen LogP contribution in [0.25, 0.3) is 10.8 Å². The zero-order chi connectivity index (χ0) is 21.3. The molecule has 3 aromatic carbocycles. The van der Waals surface area contributed by atoms with Gasteiger partial charge in [-0.25, -0.2) is 4.79 Å². The topological polar surface area (TPSA) is 35.6 Å². The molecule has 31 heavy (non-hydrogen) atoms. The minimum absolute atomic E-state index is 0.0326. The molecular weight excluding hydrogens is 382 g/mol. The van der Waals surface area contributed by atoms with Crippen LogP contribution in [0.5, 0.6) is 0 Å². The summed E-state index contributed by atoms with van der Waals surface area (Å²) in [5.74, 6) is 0. The van der Waals surface area contributed by atoms with Gasteiger partial charge in [-0.05, 0) is 67.2 Å². The fourth-order valence-corrected chi connectivity index (χ4v) is 5.48. The molecule has 0 unspecified atom stereocenters. The van der Waals surface area contributed by atoms with Crippen molar-refractivity contribution in [2.75, 3.05) is 37.6 Å². The van der Waals surface area contributed by atoms with Gasteiger partial charge in [-0.1, -0.05) is 60.7 Å². The number of anilines is 1. The van der Waals surface area contributed by atoms with E-state index >= 15 is 0 Å². The molecule has 1 N–H and O–H groups in total. The Bertz CT molecular complexity index is 1080. The van der Waals surface area contributed by atoms with Gasteiger partial charge >= 0.3 is 6.03 Å². The lowest BCUT2D eigenvalue weighted by molar-refractivity contribution is 0.167. The summed E-state index contributed by atoms with van der Waals surface area (Å²) in [6, 6.07) is 23.9. The maximum atomic E-state index is 12.7. The summed E-state index contributed by atoms with van der Waals surface area (Å²) in [5.41, 5.74) is 3.98. The predicted molar refractivity (Wildman–Crippen MR) is 128 cm³/mol. The minimum atomic E-state index is 0.0326. The number of nitrogens with zero attached hydrogens (tertiary/aromatic N) is 2. The molecule has 4 nitrogen and oxygen atoms in total. The van der Waals surface area contributed by atoms with Crippen LogP contribution in [0, 0.1) is 0 Å². The predicted octanol–water partition coefficient (Wildman–Crippen LogP) is 4.97. The number of piperidine rings is 1. The standard InChI is InChI=1S/C27H31N3O/c1-2-28-26(31)30-20-27(24-12-5-6-13-25(24)30)15-18-29(19-16-27)17-14-22-10-7-9-21-8-3-4-11-23(21)22/h3-13H,2,14-20H2,1H3,(H,28,31). The van der Waals surface area contributed by atoms with Crippen molar-refractivity contribution in [2.45, 2.75) is 31.6 Å². The zero-order valence-electron chi connectivity index (χ0n) is 18.3. The van der Waals surface area contributed by atoms with Crippen molar-refractivity contribution in [1.29, 1.82) is 0 Å². The van der Waals surface area contributed by atoms with Crippen LogP contribution < -0.4 is 10.2 Å². The number of amides is 2. The number of rotatable bonds is 4. The van der Waals surface area contributed by atoms with E-state index in [2.05, 4.69) is 70.9 Å². The van der Waals surface area contributed by atoms with E-state index in [-0.39, 0.29) is 11.4 Å². The van der Waals surface area contributed by atoms with Gasteiger partial charge in [-0.15, -0.1) is 0 Å². The van der Waals surface area contributed by atoms with Gasteiger partial charge in [0, 0.05) is 30.7 Å². The van der Waals surface area contributed by atoms with Crippen LogP contribution in [0.2, 0.25) is 0 Å². The normalized spacial score (nSPS) is 17.8. The Morgan fingerprint density at radius 3 is 2.55 bits per heavy atom. The van der Waals surface area contributed by atoms with E-state index in [1.54, 1.807) is 0 Å². The Labute approximate surface area is 184 Å². The number of hydrogen-bond acceptors (Lipinski definition) is 2. The summed E-state index contributed by atoms with van der Waals surface area (Å²) in [6.07, 6.45) is 3.29. The SMILES string of the molecule is CCNC(=O)N1CC2(CCN(CCc3cccc4ccccc34)CC2)c2ccccc21. The molecule has 3 aromatic rings. The lowest BCUT2D eigenvalue weighted by Gasteiger charge is -2.40. The Morgan fingerprint density at radius 2 is 1.71 bits per heavy atom.